The molecule has 0 aliphatic carbocycles. The van der Waals surface area contributed by atoms with E-state index in [4.69, 9.17) is 23.1 Å². The van der Waals surface area contributed by atoms with E-state index in [1.165, 1.54) is 6.20 Å². The summed E-state index contributed by atoms with van der Waals surface area (Å²) in [6.45, 7) is 6.05. The molecule has 2 heterocycles. The van der Waals surface area contributed by atoms with Gasteiger partial charge in [-0.2, -0.15) is 0 Å². The Labute approximate surface area is 205 Å². The Morgan fingerprint density at radius 2 is 1.79 bits per heavy atom. The van der Waals surface area contributed by atoms with Crippen LogP contribution in [0.15, 0.2) is 70.2 Å². The minimum Gasteiger partial charge on any atom is -0.382 e. The van der Waals surface area contributed by atoms with Gasteiger partial charge in [-0.3, -0.25) is 14.2 Å². The van der Waals surface area contributed by atoms with E-state index < -0.39 is 5.91 Å². The van der Waals surface area contributed by atoms with E-state index in [0.717, 1.165) is 23.2 Å². The highest BCUT2D eigenvalue weighted by Crippen LogP contribution is 2.22. The smallest absolute Gasteiger partial charge is 0.271 e. The van der Waals surface area contributed by atoms with E-state index in [-0.39, 0.29) is 17.1 Å². The lowest BCUT2D eigenvalue weighted by Crippen LogP contribution is -2.22. The first-order valence-corrected chi connectivity index (χ1v) is 11.5. The van der Waals surface area contributed by atoms with Crippen LogP contribution in [0.4, 0.5) is 5.82 Å². The van der Waals surface area contributed by atoms with Crippen molar-refractivity contribution >= 4 is 50.0 Å². The molecule has 0 saturated carbocycles. The second-order valence-electron chi connectivity index (χ2n) is 6.46. The van der Waals surface area contributed by atoms with Crippen molar-refractivity contribution in [2.24, 2.45) is 5.73 Å². The summed E-state index contributed by atoms with van der Waals surface area (Å²) in [4.78, 5) is 30.8. The van der Waals surface area contributed by atoms with Crippen molar-refractivity contribution in [3.63, 3.8) is 0 Å². The van der Waals surface area contributed by atoms with Crippen LogP contribution in [-0.2, 0) is 6.42 Å². The van der Waals surface area contributed by atoms with Gasteiger partial charge < -0.3 is 11.5 Å². The number of rotatable bonds is 3. The molecular formula is C24H25BrClN5O2. The monoisotopic (exact) mass is 529 g/mol. The molecule has 0 unspecified atom stereocenters. The van der Waals surface area contributed by atoms with Crippen molar-refractivity contribution in [3.8, 4) is 5.69 Å². The average molecular weight is 531 g/mol. The number of hydrogen-bond donors (Lipinski definition) is 2. The van der Waals surface area contributed by atoms with Crippen molar-refractivity contribution in [3.05, 3.63) is 92.2 Å². The largest absolute Gasteiger partial charge is 0.382 e. The molecule has 0 aliphatic rings. The predicted molar refractivity (Wildman–Crippen MR) is 138 cm³/mol. The summed E-state index contributed by atoms with van der Waals surface area (Å²) in [6.07, 6.45) is 2.17. The Morgan fingerprint density at radius 1 is 1.12 bits per heavy atom. The number of benzene rings is 2. The summed E-state index contributed by atoms with van der Waals surface area (Å²) in [5, 5.41) is 1.97. The molecule has 4 N–H and O–H groups in total. The Morgan fingerprint density at radius 3 is 2.36 bits per heavy atom. The molecule has 0 radical (unpaired) electrons. The zero-order valence-electron chi connectivity index (χ0n) is 18.5. The molecule has 4 rings (SSSR count). The van der Waals surface area contributed by atoms with E-state index in [1.54, 1.807) is 10.6 Å². The van der Waals surface area contributed by atoms with Crippen LogP contribution in [0, 0.1) is 0 Å². The molecule has 2 aromatic heterocycles. The third-order valence-electron chi connectivity index (χ3n) is 4.45. The Kier molecular flexibility index (Phi) is 9.57. The molecule has 4 aromatic rings. The maximum Gasteiger partial charge on any atom is 0.271 e. The zero-order chi connectivity index (χ0) is 24.5. The molecule has 0 aliphatic heterocycles. The number of pyridine rings is 1. The standard InChI is InChI=1S/C17H14ClNO.C5H5BrN4O.C2H6/c1-2-13-11-12-7-6-10-15(18)16(12)17(20)19(13)14-8-4-3-5-9-14;6-2-1-9-4(7)3(10-2)5(8)11;1-2/h3-11H,2H2,1H3;1H,(H2,7,9)(H2,8,11);1-2H3. The summed E-state index contributed by atoms with van der Waals surface area (Å²) in [6, 6.07) is 17.3. The van der Waals surface area contributed by atoms with Crippen molar-refractivity contribution in [1.29, 1.82) is 0 Å². The van der Waals surface area contributed by atoms with Gasteiger partial charge in [0.2, 0.25) is 0 Å². The topological polar surface area (TPSA) is 117 Å². The van der Waals surface area contributed by atoms with Gasteiger partial charge in [0.05, 0.1) is 16.6 Å². The van der Waals surface area contributed by atoms with Gasteiger partial charge in [0.15, 0.2) is 11.5 Å². The van der Waals surface area contributed by atoms with Crippen LogP contribution in [0.25, 0.3) is 16.5 Å². The molecule has 0 fully saturated rings. The van der Waals surface area contributed by atoms with Gasteiger partial charge in [-0.15, -0.1) is 0 Å². The molecule has 0 atom stereocenters. The number of carbonyl (C=O) groups is 1. The van der Waals surface area contributed by atoms with Crippen LogP contribution in [-0.4, -0.2) is 20.4 Å². The maximum absolute atomic E-state index is 12.8. The number of hydrogen-bond acceptors (Lipinski definition) is 5. The van der Waals surface area contributed by atoms with E-state index in [1.807, 2.05) is 69.3 Å². The highest BCUT2D eigenvalue weighted by atomic mass is 79.9. The molecule has 0 bridgehead atoms. The third kappa shape index (κ3) is 6.18. The van der Waals surface area contributed by atoms with Crippen molar-refractivity contribution in [1.82, 2.24) is 14.5 Å². The van der Waals surface area contributed by atoms with Crippen molar-refractivity contribution < 1.29 is 4.79 Å². The third-order valence-corrected chi connectivity index (χ3v) is 5.15. The predicted octanol–water partition coefficient (Wildman–Crippen LogP) is 5.15. The molecule has 0 saturated heterocycles. The van der Waals surface area contributed by atoms with Gasteiger partial charge in [0, 0.05) is 11.4 Å². The number of nitrogens with zero attached hydrogens (tertiary/aromatic N) is 3. The SMILES string of the molecule is CC.CCc1cc2cccc(Cl)c2c(=O)n1-c1ccccc1.NC(=O)c1nc(Br)cnc1N. The number of carbonyl (C=O) groups excluding carboxylic acids is 1. The van der Waals surface area contributed by atoms with Crippen LogP contribution in [0.5, 0.6) is 0 Å². The van der Waals surface area contributed by atoms with Gasteiger partial charge in [-0.1, -0.05) is 62.7 Å². The van der Waals surface area contributed by atoms with Crippen LogP contribution < -0.4 is 17.0 Å². The lowest BCUT2D eigenvalue weighted by Gasteiger charge is -2.14. The molecule has 33 heavy (non-hydrogen) atoms. The number of anilines is 1. The van der Waals surface area contributed by atoms with Crippen LogP contribution in [0.3, 0.4) is 0 Å². The Balaban J connectivity index is 0.000000252. The highest BCUT2D eigenvalue weighted by Gasteiger charge is 2.12. The highest BCUT2D eigenvalue weighted by molar-refractivity contribution is 9.10. The number of fused-ring (bicyclic) bond motifs is 1. The molecule has 0 spiro atoms. The Bertz CT molecular complexity index is 1310. The first-order valence-electron chi connectivity index (χ1n) is 10.3. The minimum atomic E-state index is -0.684. The molecule has 7 nitrogen and oxygen atoms in total. The van der Waals surface area contributed by atoms with E-state index >= 15 is 0 Å². The van der Waals surface area contributed by atoms with Crippen LogP contribution in [0.1, 0.15) is 37.0 Å². The van der Waals surface area contributed by atoms with Gasteiger partial charge in [0.1, 0.15) is 4.60 Å². The second-order valence-corrected chi connectivity index (χ2v) is 7.68. The maximum atomic E-state index is 12.8. The molecule has 1 amide bonds. The summed E-state index contributed by atoms with van der Waals surface area (Å²) in [7, 11) is 0. The first-order chi connectivity index (χ1) is 15.8. The number of amides is 1. The second kappa shape index (κ2) is 12.1. The minimum absolute atomic E-state index is 0.0145. The van der Waals surface area contributed by atoms with Gasteiger partial charge in [-0.25, -0.2) is 9.97 Å². The number of nitrogen functional groups attached to an aromatic ring is 1. The van der Waals surface area contributed by atoms with E-state index in [2.05, 4.69) is 25.9 Å². The summed E-state index contributed by atoms with van der Waals surface area (Å²) in [5.41, 5.74) is 12.0. The fourth-order valence-corrected chi connectivity index (χ4v) is 3.59. The fourth-order valence-electron chi connectivity index (χ4n) is 3.05. The molecule has 2 aromatic carbocycles. The number of halogens is 2. The van der Waals surface area contributed by atoms with E-state index in [0.29, 0.717) is 15.0 Å². The number of aromatic nitrogens is 3. The zero-order valence-corrected chi connectivity index (χ0v) is 20.9. The number of nitrogens with two attached hydrogens (primary N) is 2. The normalized spacial score (nSPS) is 9.97. The number of aryl methyl sites for hydroxylation is 1. The molecule has 172 valence electrons. The first kappa shape index (κ1) is 26.0. The number of primary amides is 1. The van der Waals surface area contributed by atoms with E-state index in [9.17, 15) is 9.59 Å². The average Bonchev–Trinajstić information content (AvgIpc) is 2.82. The van der Waals surface area contributed by atoms with Gasteiger partial charge in [-0.05, 0) is 52.0 Å². The van der Waals surface area contributed by atoms with Crippen molar-refractivity contribution in [2.75, 3.05) is 5.73 Å². The fraction of sp³-hybridized carbons (Fsp3) is 0.167. The van der Waals surface area contributed by atoms with Crippen LogP contribution in [0.2, 0.25) is 5.02 Å². The van der Waals surface area contributed by atoms with Crippen LogP contribution >= 0.6 is 27.5 Å². The lowest BCUT2D eigenvalue weighted by atomic mass is 10.1. The summed E-state index contributed by atoms with van der Waals surface area (Å²) >= 11 is 9.23. The Hall–Kier alpha value is -3.23. The van der Waals surface area contributed by atoms with Gasteiger partial charge in [0.25, 0.3) is 11.5 Å². The van der Waals surface area contributed by atoms with Crippen molar-refractivity contribution in [2.45, 2.75) is 27.2 Å². The summed E-state index contributed by atoms with van der Waals surface area (Å²) in [5.74, 6) is -0.642. The lowest BCUT2D eigenvalue weighted by molar-refractivity contribution is 0.0996. The quantitative estimate of drug-likeness (QED) is 0.380. The molecular weight excluding hydrogens is 506 g/mol. The van der Waals surface area contributed by atoms with Gasteiger partial charge >= 0.3 is 0 Å². The molecule has 9 heteroatoms. The summed E-state index contributed by atoms with van der Waals surface area (Å²) < 4.78 is 2.18. The number of para-hydroxylation sites is 1.